The molecular weight excluding hydrogens is 373 g/mol. The molecule has 146 valence electrons. The van der Waals surface area contributed by atoms with Crippen LogP contribution in [0.25, 0.3) is 17.2 Å². The van der Waals surface area contributed by atoms with Gasteiger partial charge in [-0.2, -0.15) is 0 Å². The lowest BCUT2D eigenvalue weighted by atomic mass is 9.94. The van der Waals surface area contributed by atoms with Crippen molar-refractivity contribution in [2.24, 2.45) is 9.98 Å². The standard InChI is InChI=1S/C20H17F3N2O3/c1-3-12-9-14(11-16-24-7-8-25-16)17(19(27-2)18(12)26)13-5-4-6-15(10-13)28-20(21,22)23/h4-11,26H,3H2,1-2H3. The van der Waals surface area contributed by atoms with Gasteiger partial charge in [0.15, 0.2) is 17.3 Å². The maximum Gasteiger partial charge on any atom is 0.573 e. The number of aliphatic imine (C=N–C) groups is 2. The minimum atomic E-state index is -4.81. The Balaban J connectivity index is 2.22. The van der Waals surface area contributed by atoms with Crippen LogP contribution in [0.5, 0.6) is 17.2 Å². The first-order valence-corrected chi connectivity index (χ1v) is 8.39. The first-order valence-electron chi connectivity index (χ1n) is 8.39. The number of aryl methyl sites for hydroxylation is 1. The van der Waals surface area contributed by atoms with Crippen LogP contribution in [0.15, 0.2) is 46.1 Å². The van der Waals surface area contributed by atoms with Crippen molar-refractivity contribution in [3.63, 3.8) is 0 Å². The average Bonchev–Trinajstić information content (AvgIpc) is 3.14. The summed E-state index contributed by atoms with van der Waals surface area (Å²) in [6.07, 6.45) is 0.453. The van der Waals surface area contributed by atoms with Crippen molar-refractivity contribution in [3.8, 4) is 28.4 Å². The van der Waals surface area contributed by atoms with Crippen LogP contribution in [-0.4, -0.2) is 31.0 Å². The van der Waals surface area contributed by atoms with E-state index in [0.29, 0.717) is 34.5 Å². The van der Waals surface area contributed by atoms with Gasteiger partial charge in [-0.05, 0) is 47.4 Å². The van der Waals surface area contributed by atoms with Crippen LogP contribution in [0.3, 0.4) is 0 Å². The molecule has 3 rings (SSSR count). The summed E-state index contributed by atoms with van der Waals surface area (Å²) in [5, 5.41) is 10.6. The van der Waals surface area contributed by atoms with Gasteiger partial charge in [0.05, 0.1) is 7.11 Å². The molecule has 0 radical (unpaired) electrons. The number of halogens is 3. The normalized spacial score (nSPS) is 13.1. The second-order valence-corrected chi connectivity index (χ2v) is 5.87. The van der Waals surface area contributed by atoms with E-state index in [9.17, 15) is 18.3 Å². The fourth-order valence-corrected chi connectivity index (χ4v) is 2.92. The molecule has 0 atom stereocenters. The molecular formula is C20H17F3N2O3. The van der Waals surface area contributed by atoms with Crippen molar-refractivity contribution in [2.45, 2.75) is 19.7 Å². The lowest BCUT2D eigenvalue weighted by Gasteiger charge is -2.18. The minimum Gasteiger partial charge on any atom is -0.504 e. The average molecular weight is 390 g/mol. The molecule has 1 aliphatic rings. The van der Waals surface area contributed by atoms with Crippen molar-refractivity contribution >= 4 is 18.5 Å². The lowest BCUT2D eigenvalue weighted by molar-refractivity contribution is -0.274. The maximum absolute atomic E-state index is 12.6. The fourth-order valence-electron chi connectivity index (χ4n) is 2.92. The van der Waals surface area contributed by atoms with E-state index in [1.807, 2.05) is 6.92 Å². The van der Waals surface area contributed by atoms with Gasteiger partial charge in [-0.1, -0.05) is 19.1 Å². The summed E-state index contributed by atoms with van der Waals surface area (Å²) in [6.45, 7) is 1.87. The largest absolute Gasteiger partial charge is 0.573 e. The molecule has 0 aromatic heterocycles. The van der Waals surface area contributed by atoms with Crippen molar-refractivity contribution in [3.05, 3.63) is 47.3 Å². The second-order valence-electron chi connectivity index (χ2n) is 5.87. The van der Waals surface area contributed by atoms with Crippen LogP contribution in [0.4, 0.5) is 13.2 Å². The summed E-state index contributed by atoms with van der Waals surface area (Å²) >= 11 is 0. The van der Waals surface area contributed by atoms with Gasteiger partial charge in [0.25, 0.3) is 0 Å². The van der Waals surface area contributed by atoms with Crippen LogP contribution in [0.2, 0.25) is 0 Å². The molecule has 0 spiro atoms. The number of benzene rings is 2. The van der Waals surface area contributed by atoms with Crippen molar-refractivity contribution in [1.29, 1.82) is 0 Å². The zero-order chi connectivity index (χ0) is 20.3. The molecule has 0 aliphatic carbocycles. The molecule has 1 heterocycles. The predicted octanol–water partition coefficient (Wildman–Crippen LogP) is 4.98. The third-order valence-electron chi connectivity index (χ3n) is 4.07. The van der Waals surface area contributed by atoms with E-state index in [4.69, 9.17) is 4.74 Å². The highest BCUT2D eigenvalue weighted by atomic mass is 19.4. The number of nitrogens with zero attached hydrogens (tertiary/aromatic N) is 2. The molecule has 28 heavy (non-hydrogen) atoms. The Kier molecular flexibility index (Phi) is 5.39. The molecule has 0 fully saturated rings. The molecule has 0 saturated heterocycles. The molecule has 5 nitrogen and oxygen atoms in total. The first-order chi connectivity index (χ1) is 13.3. The van der Waals surface area contributed by atoms with Gasteiger partial charge in [-0.3, -0.25) is 0 Å². The summed E-state index contributed by atoms with van der Waals surface area (Å²) in [5.74, 6) is 0.143. The number of aromatic hydroxyl groups is 1. The number of hydrogen-bond acceptors (Lipinski definition) is 5. The van der Waals surface area contributed by atoms with E-state index in [0.717, 1.165) is 0 Å². The Labute approximate surface area is 159 Å². The van der Waals surface area contributed by atoms with Gasteiger partial charge >= 0.3 is 6.36 Å². The zero-order valence-electron chi connectivity index (χ0n) is 15.1. The Morgan fingerprint density at radius 2 is 1.86 bits per heavy atom. The Bertz CT molecular complexity index is 965. The maximum atomic E-state index is 12.6. The molecule has 2 aromatic carbocycles. The molecule has 1 N–H and O–H groups in total. The molecule has 8 heteroatoms. The number of hydrogen-bond donors (Lipinski definition) is 1. The Morgan fingerprint density at radius 3 is 2.46 bits per heavy atom. The van der Waals surface area contributed by atoms with Gasteiger partial charge in [0, 0.05) is 18.0 Å². The van der Waals surface area contributed by atoms with E-state index < -0.39 is 6.36 Å². The molecule has 0 unspecified atom stereocenters. The third-order valence-corrected chi connectivity index (χ3v) is 4.07. The number of alkyl halides is 3. The van der Waals surface area contributed by atoms with Gasteiger partial charge in [0.1, 0.15) is 5.75 Å². The van der Waals surface area contributed by atoms with Crippen LogP contribution >= 0.6 is 0 Å². The van der Waals surface area contributed by atoms with E-state index in [-0.39, 0.29) is 17.2 Å². The zero-order valence-corrected chi connectivity index (χ0v) is 15.1. The topological polar surface area (TPSA) is 63.4 Å². The Morgan fingerprint density at radius 1 is 1.14 bits per heavy atom. The van der Waals surface area contributed by atoms with E-state index in [1.165, 1.54) is 37.7 Å². The van der Waals surface area contributed by atoms with Gasteiger partial charge < -0.3 is 14.6 Å². The molecule has 0 saturated carbocycles. The first kappa shape index (κ1) is 19.5. The number of methoxy groups -OCH3 is 1. The number of rotatable bonds is 5. The van der Waals surface area contributed by atoms with Gasteiger partial charge in [0.2, 0.25) is 0 Å². The quantitative estimate of drug-likeness (QED) is 0.783. The SMILES string of the molecule is CCc1cc(C=C2N=CC=N2)c(-c2cccc(OC(F)(F)F)c2)c(OC)c1O. The van der Waals surface area contributed by atoms with Crippen molar-refractivity contribution in [2.75, 3.05) is 7.11 Å². The summed E-state index contributed by atoms with van der Waals surface area (Å²) in [4.78, 5) is 8.20. The molecule has 2 aromatic rings. The van der Waals surface area contributed by atoms with Gasteiger partial charge in [-0.15, -0.1) is 13.2 Å². The molecule has 1 aliphatic heterocycles. The number of phenolic OH excluding ortho intramolecular Hbond substituents is 1. The molecule has 0 bridgehead atoms. The van der Waals surface area contributed by atoms with Crippen LogP contribution in [0.1, 0.15) is 18.1 Å². The second kappa shape index (κ2) is 7.75. The summed E-state index contributed by atoms with van der Waals surface area (Å²) in [6, 6.07) is 7.21. The van der Waals surface area contributed by atoms with Crippen molar-refractivity contribution in [1.82, 2.24) is 0 Å². The Hall–Kier alpha value is -3.29. The van der Waals surface area contributed by atoms with Crippen LogP contribution < -0.4 is 9.47 Å². The summed E-state index contributed by atoms with van der Waals surface area (Å²) in [7, 11) is 1.39. The predicted molar refractivity (Wildman–Crippen MR) is 101 cm³/mol. The number of phenols is 1. The monoisotopic (exact) mass is 390 g/mol. The third kappa shape index (κ3) is 4.16. The van der Waals surface area contributed by atoms with Crippen LogP contribution in [0, 0.1) is 0 Å². The van der Waals surface area contributed by atoms with E-state index >= 15 is 0 Å². The van der Waals surface area contributed by atoms with Crippen molar-refractivity contribution < 1.29 is 27.8 Å². The highest BCUT2D eigenvalue weighted by Crippen LogP contribution is 2.44. The molecule has 0 amide bonds. The fraction of sp³-hybridized carbons (Fsp3) is 0.200. The number of ether oxygens (including phenoxy) is 2. The minimum absolute atomic E-state index is 0.0669. The highest BCUT2D eigenvalue weighted by Gasteiger charge is 2.31. The summed E-state index contributed by atoms with van der Waals surface area (Å²) < 4.78 is 47.2. The van der Waals surface area contributed by atoms with Gasteiger partial charge in [-0.25, -0.2) is 9.98 Å². The van der Waals surface area contributed by atoms with Crippen LogP contribution in [-0.2, 0) is 6.42 Å². The summed E-state index contributed by atoms with van der Waals surface area (Å²) in [5.41, 5.74) is 2.02. The highest BCUT2D eigenvalue weighted by molar-refractivity contribution is 6.18. The van der Waals surface area contributed by atoms with E-state index in [2.05, 4.69) is 14.7 Å². The lowest BCUT2D eigenvalue weighted by Crippen LogP contribution is -2.17. The van der Waals surface area contributed by atoms with E-state index in [1.54, 1.807) is 18.2 Å². The smallest absolute Gasteiger partial charge is 0.504 e.